The Hall–Kier alpha value is -3.76. The molecule has 2 aromatic heterocycles. The number of nitrogens with two attached hydrogens (primary N) is 1. The third-order valence-corrected chi connectivity index (χ3v) is 7.64. The smallest absolute Gasteiger partial charge is 0.417 e. The molecular weight excluding hydrogens is 527 g/mol. The van der Waals surface area contributed by atoms with Gasteiger partial charge in [0.05, 0.1) is 22.9 Å². The van der Waals surface area contributed by atoms with Gasteiger partial charge < -0.3 is 20.7 Å². The van der Waals surface area contributed by atoms with Crippen molar-refractivity contribution in [3.63, 3.8) is 0 Å². The van der Waals surface area contributed by atoms with Crippen LogP contribution in [-0.4, -0.2) is 42.3 Å². The molecule has 2 aromatic carbocycles. The number of aromatic nitrogens is 2. The summed E-state index contributed by atoms with van der Waals surface area (Å²) in [6.45, 7) is 4.72. The van der Waals surface area contributed by atoms with Gasteiger partial charge in [-0.15, -0.1) is 11.3 Å². The van der Waals surface area contributed by atoms with E-state index in [1.165, 1.54) is 7.11 Å². The number of ether oxygens (including phenoxy) is 1. The molecule has 1 saturated heterocycles. The van der Waals surface area contributed by atoms with Crippen molar-refractivity contribution in [2.75, 3.05) is 30.8 Å². The van der Waals surface area contributed by atoms with Crippen LogP contribution < -0.4 is 20.7 Å². The Bertz CT molecular complexity index is 1630. The molecule has 0 amide bonds. The minimum absolute atomic E-state index is 0.00521. The molecule has 4 aromatic rings. The van der Waals surface area contributed by atoms with Crippen LogP contribution in [0.2, 0.25) is 0 Å². The number of fused-ring (bicyclic) bond motifs is 2. The Balaban J connectivity index is 1.92. The average molecular weight is 549 g/mol. The molecule has 2 atom stereocenters. The van der Waals surface area contributed by atoms with E-state index >= 15 is 4.39 Å². The maximum atomic E-state index is 16.4. The van der Waals surface area contributed by atoms with E-state index in [9.17, 15) is 22.8 Å². The standard InChI is InChI=1S/C25H21F5N6OS/c1-10-9-36(11(2)8-33-10)23-13-6-15(25(28,29)30)18(19(27)20(13)34-24(35-23)37-3)12-4-5-16(26)21-17(12)14(7-31)22(32)38-21/h4-6,10-11,33H,8-9,32H2,1-3H3. The summed E-state index contributed by atoms with van der Waals surface area (Å²) in [7, 11) is 1.27. The summed E-state index contributed by atoms with van der Waals surface area (Å²) < 4.78 is 79.7. The van der Waals surface area contributed by atoms with Crippen molar-refractivity contribution in [2.45, 2.75) is 32.1 Å². The number of piperazine rings is 1. The summed E-state index contributed by atoms with van der Waals surface area (Å²) in [5, 5.41) is 12.5. The second kappa shape index (κ2) is 9.21. The average Bonchev–Trinajstić information content (AvgIpc) is 3.22. The maximum Gasteiger partial charge on any atom is 0.417 e. The highest BCUT2D eigenvalue weighted by molar-refractivity contribution is 7.23. The normalized spacial score (nSPS) is 18.2. The molecule has 38 heavy (non-hydrogen) atoms. The molecule has 7 nitrogen and oxygen atoms in total. The second-order valence-electron chi connectivity index (χ2n) is 9.10. The van der Waals surface area contributed by atoms with E-state index in [1.54, 1.807) is 11.0 Å². The van der Waals surface area contributed by atoms with Crippen LogP contribution in [0.15, 0.2) is 18.2 Å². The molecule has 3 N–H and O–H groups in total. The highest BCUT2D eigenvalue weighted by Gasteiger charge is 2.39. The first kappa shape index (κ1) is 25.9. The van der Waals surface area contributed by atoms with Crippen LogP contribution >= 0.6 is 11.3 Å². The number of nitrogens with one attached hydrogen (secondary N) is 1. The van der Waals surface area contributed by atoms with Gasteiger partial charge in [-0.3, -0.25) is 0 Å². The number of benzene rings is 2. The Labute approximate surface area is 217 Å². The van der Waals surface area contributed by atoms with E-state index in [4.69, 9.17) is 10.5 Å². The maximum absolute atomic E-state index is 16.4. The highest BCUT2D eigenvalue weighted by Crippen LogP contribution is 2.48. The molecule has 0 saturated carbocycles. The number of alkyl halides is 3. The van der Waals surface area contributed by atoms with Gasteiger partial charge in [0.15, 0.2) is 5.82 Å². The van der Waals surface area contributed by atoms with Crippen LogP contribution in [0.4, 0.5) is 32.8 Å². The van der Waals surface area contributed by atoms with E-state index in [-0.39, 0.29) is 55.5 Å². The SMILES string of the molecule is COc1nc(N2CC(C)NCC2C)c2cc(C(F)(F)F)c(-c3ccc(F)c4sc(N)c(C#N)c34)c(F)c2n1. The molecular formula is C25H21F5N6OS. The zero-order valence-corrected chi connectivity index (χ0v) is 21.2. The van der Waals surface area contributed by atoms with Crippen LogP contribution in [-0.2, 0) is 6.18 Å². The molecule has 2 unspecified atom stereocenters. The minimum Gasteiger partial charge on any atom is -0.467 e. The van der Waals surface area contributed by atoms with Gasteiger partial charge in [-0.05, 0) is 31.5 Å². The monoisotopic (exact) mass is 548 g/mol. The van der Waals surface area contributed by atoms with Crippen molar-refractivity contribution in [3.8, 4) is 23.2 Å². The largest absolute Gasteiger partial charge is 0.467 e. The fourth-order valence-electron chi connectivity index (χ4n) is 4.81. The van der Waals surface area contributed by atoms with Crippen LogP contribution in [0.25, 0.3) is 32.1 Å². The van der Waals surface area contributed by atoms with Crippen LogP contribution in [0.3, 0.4) is 0 Å². The van der Waals surface area contributed by atoms with Gasteiger partial charge in [0.1, 0.15) is 28.2 Å². The Morgan fingerprint density at radius 3 is 2.63 bits per heavy atom. The number of nitrogens with zero attached hydrogens (tertiary/aromatic N) is 4. The van der Waals surface area contributed by atoms with Gasteiger partial charge in [0.25, 0.3) is 0 Å². The fourth-order valence-corrected chi connectivity index (χ4v) is 5.76. The lowest BCUT2D eigenvalue weighted by atomic mass is 9.92. The molecule has 5 rings (SSSR count). The molecule has 13 heteroatoms. The summed E-state index contributed by atoms with van der Waals surface area (Å²) >= 11 is 0.708. The Morgan fingerprint density at radius 2 is 1.97 bits per heavy atom. The number of hydrogen-bond acceptors (Lipinski definition) is 8. The number of thiophene rings is 1. The molecule has 1 aliphatic rings. The quantitative estimate of drug-likeness (QED) is 0.328. The molecule has 0 radical (unpaired) electrons. The van der Waals surface area contributed by atoms with Crippen LogP contribution in [0.1, 0.15) is 25.0 Å². The molecule has 1 fully saturated rings. The predicted molar refractivity (Wildman–Crippen MR) is 135 cm³/mol. The first-order valence-corrected chi connectivity index (χ1v) is 12.3. The zero-order valence-electron chi connectivity index (χ0n) is 20.4. The first-order valence-electron chi connectivity index (χ1n) is 11.5. The van der Waals surface area contributed by atoms with E-state index in [1.807, 2.05) is 13.8 Å². The van der Waals surface area contributed by atoms with Crippen molar-refractivity contribution >= 4 is 43.1 Å². The lowest BCUT2D eigenvalue weighted by Crippen LogP contribution is -2.54. The van der Waals surface area contributed by atoms with Crippen molar-refractivity contribution < 1.29 is 26.7 Å². The van der Waals surface area contributed by atoms with Crippen molar-refractivity contribution in [1.29, 1.82) is 5.26 Å². The van der Waals surface area contributed by atoms with E-state index in [0.29, 0.717) is 24.4 Å². The summed E-state index contributed by atoms with van der Waals surface area (Å²) in [4.78, 5) is 10.2. The number of halogens is 5. The fraction of sp³-hybridized carbons (Fsp3) is 0.320. The number of hydrogen-bond donors (Lipinski definition) is 2. The van der Waals surface area contributed by atoms with Crippen molar-refractivity contribution in [3.05, 3.63) is 41.0 Å². The molecule has 0 spiro atoms. The molecule has 0 bridgehead atoms. The second-order valence-corrected chi connectivity index (χ2v) is 10.2. The zero-order chi connectivity index (χ0) is 27.5. The minimum atomic E-state index is -5.01. The molecule has 0 aliphatic carbocycles. The van der Waals surface area contributed by atoms with Crippen LogP contribution in [0.5, 0.6) is 6.01 Å². The summed E-state index contributed by atoms with van der Waals surface area (Å²) in [6.07, 6.45) is -5.01. The van der Waals surface area contributed by atoms with Gasteiger partial charge in [-0.25, -0.2) is 8.78 Å². The van der Waals surface area contributed by atoms with E-state index in [0.717, 1.165) is 18.2 Å². The Morgan fingerprint density at radius 1 is 1.24 bits per heavy atom. The summed E-state index contributed by atoms with van der Waals surface area (Å²) in [5.74, 6) is -1.98. The number of nitrogen functional groups attached to an aromatic ring is 1. The third kappa shape index (κ3) is 4.04. The summed E-state index contributed by atoms with van der Waals surface area (Å²) in [6, 6.07) is 4.15. The number of methoxy groups -OCH3 is 1. The van der Waals surface area contributed by atoms with Gasteiger partial charge in [-0.2, -0.15) is 28.4 Å². The predicted octanol–water partition coefficient (Wildman–Crippen LogP) is 5.46. The number of rotatable bonds is 3. The first-order chi connectivity index (χ1) is 18.0. The highest BCUT2D eigenvalue weighted by atomic mass is 32.1. The topological polar surface area (TPSA) is 100 Å². The lowest BCUT2D eigenvalue weighted by Gasteiger charge is -2.39. The number of anilines is 2. The van der Waals surface area contributed by atoms with E-state index < -0.39 is 34.5 Å². The van der Waals surface area contributed by atoms with Gasteiger partial charge >= 0.3 is 12.2 Å². The number of nitriles is 1. The van der Waals surface area contributed by atoms with Crippen molar-refractivity contribution in [1.82, 2.24) is 15.3 Å². The van der Waals surface area contributed by atoms with Gasteiger partial charge in [0.2, 0.25) is 0 Å². The van der Waals surface area contributed by atoms with Gasteiger partial charge in [0, 0.05) is 41.5 Å². The lowest BCUT2D eigenvalue weighted by molar-refractivity contribution is -0.137. The van der Waals surface area contributed by atoms with Gasteiger partial charge in [-0.1, -0.05) is 6.07 Å². The molecule has 1 aliphatic heterocycles. The third-order valence-electron chi connectivity index (χ3n) is 6.61. The van der Waals surface area contributed by atoms with Crippen LogP contribution in [0, 0.1) is 23.0 Å². The molecule has 198 valence electrons. The van der Waals surface area contributed by atoms with E-state index in [2.05, 4.69) is 15.3 Å². The summed E-state index contributed by atoms with van der Waals surface area (Å²) in [5.41, 5.74) is 2.75. The van der Waals surface area contributed by atoms with Crippen molar-refractivity contribution in [2.24, 2.45) is 0 Å². The molecule has 3 heterocycles. The Kier molecular flexibility index (Phi) is 6.27.